The third-order valence-corrected chi connectivity index (χ3v) is 12.4. The molecule has 0 unspecified atom stereocenters. The zero-order chi connectivity index (χ0) is 41.7. The minimum absolute atomic E-state index is 0.0320. The summed E-state index contributed by atoms with van der Waals surface area (Å²) in [6.07, 6.45) is 4.29. The van der Waals surface area contributed by atoms with Gasteiger partial charge in [0.2, 0.25) is 17.7 Å². The average molecular weight is 802 g/mol. The summed E-state index contributed by atoms with van der Waals surface area (Å²) < 4.78 is 4.80. The Kier molecular flexibility index (Phi) is 10.8. The Morgan fingerprint density at radius 2 is 1.41 bits per heavy atom. The lowest BCUT2D eigenvalue weighted by Crippen LogP contribution is -2.51. The number of carbonyl (C=O) groups excluding carboxylic acids is 4. The van der Waals surface area contributed by atoms with Gasteiger partial charge in [-0.1, -0.05) is 52.0 Å². The lowest BCUT2D eigenvalue weighted by Gasteiger charge is -2.30. The van der Waals surface area contributed by atoms with Crippen molar-refractivity contribution in [2.24, 2.45) is 11.8 Å². The third kappa shape index (κ3) is 7.49. The number of anilines is 2. The van der Waals surface area contributed by atoms with Crippen molar-refractivity contribution in [3.63, 3.8) is 0 Å². The van der Waals surface area contributed by atoms with Gasteiger partial charge in [-0.2, -0.15) is 0 Å². The molecular weight excluding hydrogens is 747 g/mol. The van der Waals surface area contributed by atoms with Crippen molar-refractivity contribution in [1.29, 1.82) is 0 Å². The van der Waals surface area contributed by atoms with Gasteiger partial charge in [0.25, 0.3) is 0 Å². The molecule has 0 saturated carbocycles. The van der Waals surface area contributed by atoms with E-state index in [4.69, 9.17) is 14.7 Å². The minimum Gasteiger partial charge on any atom is -0.453 e. The fourth-order valence-electron chi connectivity index (χ4n) is 9.28. The number of aromatic amines is 2. The number of likely N-dealkylation sites (tertiary alicyclic amines) is 2. The Morgan fingerprint density at radius 1 is 0.780 bits per heavy atom. The summed E-state index contributed by atoms with van der Waals surface area (Å²) in [7, 11) is 3.36. The van der Waals surface area contributed by atoms with Crippen LogP contribution in [0.1, 0.15) is 95.3 Å². The van der Waals surface area contributed by atoms with Crippen LogP contribution in [0.2, 0.25) is 0 Å². The Bertz CT molecular complexity index is 2430. The van der Waals surface area contributed by atoms with E-state index >= 15 is 0 Å². The Hall–Kier alpha value is -5.92. The second-order valence-electron chi connectivity index (χ2n) is 17.0. The van der Waals surface area contributed by atoms with Gasteiger partial charge < -0.3 is 40.0 Å². The van der Waals surface area contributed by atoms with E-state index in [-0.39, 0.29) is 41.6 Å². The highest BCUT2D eigenvalue weighted by Gasteiger charge is 2.39. The number of fused-ring (bicyclic) bond motifs is 5. The van der Waals surface area contributed by atoms with Crippen LogP contribution in [0.5, 0.6) is 0 Å². The van der Waals surface area contributed by atoms with Crippen LogP contribution in [0.4, 0.5) is 16.3 Å². The number of nitrogens with one attached hydrogen (secondary N) is 4. The van der Waals surface area contributed by atoms with Crippen LogP contribution in [0.3, 0.4) is 0 Å². The molecular formula is C45H55N9O5. The molecule has 2 aromatic heterocycles. The van der Waals surface area contributed by atoms with E-state index in [0.29, 0.717) is 13.1 Å². The van der Waals surface area contributed by atoms with Gasteiger partial charge in [0, 0.05) is 38.1 Å². The summed E-state index contributed by atoms with van der Waals surface area (Å²) in [5.74, 6) is 1.95. The maximum Gasteiger partial charge on any atom is 0.407 e. The molecule has 310 valence electrons. The first-order chi connectivity index (χ1) is 28.3. The SMILES string of the molecule is COC(=O)N[C@H](C(=O)N1CCC[C@H]1c1nc2c([nH]1)N(C)c1ccc(-c3ccc4c(ccc5nc([C@@H]6CCCN6C(=O)[C@@H](NC(C)=O)C(C)C)[nH]c54)c3)cc1CC2)C(C)C. The zero-order valence-corrected chi connectivity index (χ0v) is 35.0. The minimum atomic E-state index is -0.686. The Labute approximate surface area is 344 Å². The number of imidazole rings is 2. The first-order valence-electron chi connectivity index (χ1n) is 20.9. The second-order valence-corrected chi connectivity index (χ2v) is 17.0. The molecule has 0 bridgehead atoms. The first kappa shape index (κ1) is 39.9. The monoisotopic (exact) mass is 801 g/mol. The van der Waals surface area contributed by atoms with Gasteiger partial charge in [0.15, 0.2) is 0 Å². The molecule has 0 radical (unpaired) electrons. The molecule has 0 spiro atoms. The molecule has 4 N–H and O–H groups in total. The van der Waals surface area contributed by atoms with Crippen molar-refractivity contribution in [1.82, 2.24) is 40.4 Å². The molecule has 59 heavy (non-hydrogen) atoms. The number of methoxy groups -OCH3 is 1. The highest BCUT2D eigenvalue weighted by atomic mass is 16.5. The van der Waals surface area contributed by atoms with Crippen molar-refractivity contribution in [2.45, 2.75) is 97.3 Å². The van der Waals surface area contributed by atoms with Crippen LogP contribution in [0, 0.1) is 11.8 Å². The fourth-order valence-corrected chi connectivity index (χ4v) is 9.28. The second kappa shape index (κ2) is 16.0. The van der Waals surface area contributed by atoms with E-state index in [1.807, 2.05) is 43.6 Å². The smallest absolute Gasteiger partial charge is 0.407 e. The standard InChI is InChI=1S/C45H55N9O5/c1-24(2)37(46-26(5)55)43(56)53-20-8-10-35(53)40-47-32-17-13-29-22-27(12-16-31(29)39(32)49-40)28-15-19-34-30(23-28)14-18-33-42(52(34)6)51-41(48-33)36-11-9-21-54(36)44(57)38(25(3)4)50-45(58)59-7/h12-13,15-17,19,22-25,35-38H,8-11,14,18,20-21H2,1-7H3,(H,46,55)(H,47,49)(H,48,51)(H,50,58)/t35-,36-,37-,38-/m0/s1. The number of nitrogens with zero attached hydrogens (tertiary/aromatic N) is 5. The molecule has 14 heteroatoms. The normalized spacial score (nSPS) is 18.9. The number of hydrogen-bond acceptors (Lipinski definition) is 8. The summed E-state index contributed by atoms with van der Waals surface area (Å²) in [6.45, 7) is 10.4. The number of amides is 4. The van der Waals surface area contributed by atoms with E-state index in [0.717, 1.165) is 100 Å². The maximum absolute atomic E-state index is 13.7. The predicted octanol–water partition coefficient (Wildman–Crippen LogP) is 6.84. The molecule has 3 aliphatic rings. The first-order valence-corrected chi connectivity index (χ1v) is 20.9. The van der Waals surface area contributed by atoms with Gasteiger partial charge in [0.1, 0.15) is 29.6 Å². The number of aromatic nitrogens is 4. The largest absolute Gasteiger partial charge is 0.453 e. The number of aryl methyl sites for hydroxylation is 2. The van der Waals surface area contributed by atoms with Gasteiger partial charge in [-0.25, -0.2) is 14.8 Å². The van der Waals surface area contributed by atoms with E-state index in [1.165, 1.54) is 19.6 Å². The lowest BCUT2D eigenvalue weighted by atomic mass is 9.97. The summed E-state index contributed by atoms with van der Waals surface area (Å²) in [4.78, 5) is 74.6. The van der Waals surface area contributed by atoms with Crippen molar-refractivity contribution >= 4 is 57.1 Å². The number of rotatable bonds is 9. The number of alkyl carbamates (subject to hydrolysis) is 1. The van der Waals surface area contributed by atoms with Gasteiger partial charge >= 0.3 is 6.09 Å². The Balaban J connectivity index is 1.02. The van der Waals surface area contributed by atoms with Crippen LogP contribution in [0.15, 0.2) is 48.5 Å². The van der Waals surface area contributed by atoms with Crippen LogP contribution in [-0.2, 0) is 32.0 Å². The van der Waals surface area contributed by atoms with E-state index in [9.17, 15) is 19.2 Å². The molecule has 14 nitrogen and oxygen atoms in total. The quantitative estimate of drug-likeness (QED) is 0.126. The van der Waals surface area contributed by atoms with Gasteiger partial charge in [0.05, 0.1) is 35.9 Å². The molecule has 2 saturated heterocycles. The molecule has 0 aliphatic carbocycles. The van der Waals surface area contributed by atoms with Crippen LogP contribution in [-0.4, -0.2) is 92.9 Å². The van der Waals surface area contributed by atoms with Crippen LogP contribution >= 0.6 is 0 Å². The van der Waals surface area contributed by atoms with Crippen molar-refractivity contribution in [3.8, 4) is 11.1 Å². The van der Waals surface area contributed by atoms with Crippen molar-refractivity contribution in [3.05, 3.63) is 71.4 Å². The number of benzene rings is 3. The molecule has 4 atom stereocenters. The zero-order valence-electron chi connectivity index (χ0n) is 35.0. The average Bonchev–Trinajstić information content (AvgIpc) is 4.05. The fraction of sp³-hybridized carbons (Fsp3) is 0.467. The molecule has 2 fully saturated rings. The molecule has 8 rings (SSSR count). The summed E-state index contributed by atoms with van der Waals surface area (Å²) in [5, 5.41) is 7.75. The van der Waals surface area contributed by atoms with E-state index < -0.39 is 18.2 Å². The van der Waals surface area contributed by atoms with Crippen LogP contribution < -0.4 is 15.5 Å². The van der Waals surface area contributed by atoms with Gasteiger partial charge in [-0.3, -0.25) is 14.4 Å². The van der Waals surface area contributed by atoms with Crippen LogP contribution in [0.25, 0.3) is 32.9 Å². The molecule has 5 heterocycles. The highest BCUT2D eigenvalue weighted by molar-refractivity contribution is 6.05. The number of ether oxygens (including phenoxy) is 1. The summed E-state index contributed by atoms with van der Waals surface area (Å²) >= 11 is 0. The maximum atomic E-state index is 13.7. The Morgan fingerprint density at radius 3 is 2.05 bits per heavy atom. The van der Waals surface area contributed by atoms with Crippen molar-refractivity contribution < 1.29 is 23.9 Å². The van der Waals surface area contributed by atoms with Gasteiger partial charge in [-0.05, 0) is 96.7 Å². The van der Waals surface area contributed by atoms with E-state index in [2.05, 4.69) is 75.0 Å². The van der Waals surface area contributed by atoms with Gasteiger partial charge in [-0.15, -0.1) is 0 Å². The topological polar surface area (TPSA) is 169 Å². The van der Waals surface area contributed by atoms with Crippen molar-refractivity contribution in [2.75, 3.05) is 32.1 Å². The molecule has 5 aromatic rings. The molecule has 3 aliphatic heterocycles. The van der Waals surface area contributed by atoms with E-state index in [1.54, 1.807) is 0 Å². The lowest BCUT2D eigenvalue weighted by molar-refractivity contribution is -0.138. The number of H-pyrrole nitrogens is 2. The third-order valence-electron chi connectivity index (χ3n) is 12.4. The number of carbonyl (C=O) groups is 4. The summed E-state index contributed by atoms with van der Waals surface area (Å²) in [6, 6.07) is 15.7. The highest BCUT2D eigenvalue weighted by Crippen LogP contribution is 2.40. The number of hydrogen-bond donors (Lipinski definition) is 4. The summed E-state index contributed by atoms with van der Waals surface area (Å²) in [5.41, 5.74) is 7.35. The molecule has 3 aromatic carbocycles. The molecule has 4 amide bonds. The predicted molar refractivity (Wildman–Crippen MR) is 227 cm³/mol.